The third-order valence-electron chi connectivity index (χ3n) is 3.15. The summed E-state index contributed by atoms with van der Waals surface area (Å²) in [7, 11) is -4.01. The predicted octanol–water partition coefficient (Wildman–Crippen LogP) is 0.445. The van der Waals surface area contributed by atoms with Gasteiger partial charge in [0.2, 0.25) is 20.9 Å². The van der Waals surface area contributed by atoms with Crippen molar-refractivity contribution in [2.75, 3.05) is 5.75 Å². The molecule has 0 fully saturated rings. The fourth-order valence-corrected chi connectivity index (χ4v) is 3.35. The monoisotopic (exact) mass is 309 g/mol. The number of Topliss-reactive ketones (excluding diaryl/α,β-unsaturated/α-hetero) is 1. The highest BCUT2D eigenvalue weighted by Crippen LogP contribution is 2.25. The van der Waals surface area contributed by atoms with Crippen molar-refractivity contribution < 1.29 is 18.0 Å². The molecule has 0 saturated carbocycles. The van der Waals surface area contributed by atoms with E-state index < -0.39 is 27.5 Å². The SMILES string of the molecule is CC(=O)[C@H](C)n1c(S(=O)(=O)CC(N)=O)nc2ccccc21. The lowest BCUT2D eigenvalue weighted by atomic mass is 10.2. The van der Waals surface area contributed by atoms with Crippen molar-refractivity contribution in [3.8, 4) is 0 Å². The van der Waals surface area contributed by atoms with Crippen molar-refractivity contribution in [2.24, 2.45) is 5.73 Å². The summed E-state index contributed by atoms with van der Waals surface area (Å²) < 4.78 is 25.9. The van der Waals surface area contributed by atoms with Gasteiger partial charge in [-0.2, -0.15) is 0 Å². The molecule has 0 saturated heterocycles. The first kappa shape index (κ1) is 15.2. The van der Waals surface area contributed by atoms with E-state index in [1.807, 2.05) is 0 Å². The van der Waals surface area contributed by atoms with Crippen molar-refractivity contribution in [1.82, 2.24) is 9.55 Å². The molecule has 2 N–H and O–H groups in total. The second kappa shape index (κ2) is 5.28. The Morgan fingerprint density at radius 2 is 1.95 bits per heavy atom. The Hall–Kier alpha value is -2.22. The maximum absolute atomic E-state index is 12.3. The molecule has 0 unspecified atom stereocenters. The molecule has 112 valence electrons. The molecule has 1 aromatic carbocycles. The zero-order valence-corrected chi connectivity index (χ0v) is 12.4. The molecule has 1 aromatic heterocycles. The lowest BCUT2D eigenvalue weighted by Gasteiger charge is -2.14. The fraction of sp³-hybridized carbons (Fsp3) is 0.308. The van der Waals surface area contributed by atoms with E-state index in [9.17, 15) is 18.0 Å². The van der Waals surface area contributed by atoms with Crippen molar-refractivity contribution in [3.63, 3.8) is 0 Å². The van der Waals surface area contributed by atoms with Gasteiger partial charge < -0.3 is 10.3 Å². The third kappa shape index (κ3) is 2.80. The summed E-state index contributed by atoms with van der Waals surface area (Å²) in [6.45, 7) is 2.95. The van der Waals surface area contributed by atoms with Crippen molar-refractivity contribution >= 4 is 32.6 Å². The first-order valence-corrected chi connectivity index (χ1v) is 7.87. The predicted molar refractivity (Wildman–Crippen MR) is 76.4 cm³/mol. The summed E-state index contributed by atoms with van der Waals surface area (Å²) in [5.74, 6) is -2.03. The van der Waals surface area contributed by atoms with E-state index in [0.717, 1.165) is 0 Å². The number of ketones is 1. The Bertz CT molecular complexity index is 823. The summed E-state index contributed by atoms with van der Waals surface area (Å²) in [4.78, 5) is 26.7. The van der Waals surface area contributed by atoms with Crippen LogP contribution >= 0.6 is 0 Å². The summed E-state index contributed by atoms with van der Waals surface area (Å²) in [6, 6.07) is 6.03. The van der Waals surface area contributed by atoms with E-state index in [-0.39, 0.29) is 10.9 Å². The van der Waals surface area contributed by atoms with Crippen LogP contribution in [0.4, 0.5) is 0 Å². The Labute approximate surface area is 121 Å². The first-order valence-electron chi connectivity index (χ1n) is 6.22. The average Bonchev–Trinajstić information content (AvgIpc) is 2.76. The Kier molecular flexibility index (Phi) is 3.82. The second-order valence-electron chi connectivity index (χ2n) is 4.77. The number of primary amides is 1. The molecular formula is C13H15N3O4S. The number of imidazole rings is 1. The molecule has 0 aliphatic heterocycles. The zero-order chi connectivity index (χ0) is 15.8. The van der Waals surface area contributed by atoms with Gasteiger partial charge in [0.1, 0.15) is 5.75 Å². The zero-order valence-electron chi connectivity index (χ0n) is 11.6. The van der Waals surface area contributed by atoms with Crippen molar-refractivity contribution in [1.29, 1.82) is 0 Å². The highest BCUT2D eigenvalue weighted by Gasteiger charge is 2.29. The summed E-state index contributed by atoms with van der Waals surface area (Å²) >= 11 is 0. The third-order valence-corrected chi connectivity index (χ3v) is 4.66. The summed E-state index contributed by atoms with van der Waals surface area (Å²) in [5, 5.41) is -0.315. The van der Waals surface area contributed by atoms with Gasteiger partial charge in [-0.25, -0.2) is 13.4 Å². The van der Waals surface area contributed by atoms with Gasteiger partial charge in [-0.1, -0.05) is 12.1 Å². The lowest BCUT2D eigenvalue weighted by molar-refractivity contribution is -0.119. The molecule has 1 amide bonds. The smallest absolute Gasteiger partial charge is 0.233 e. The number of benzene rings is 1. The van der Waals surface area contributed by atoms with Crippen LogP contribution < -0.4 is 5.73 Å². The highest BCUT2D eigenvalue weighted by molar-refractivity contribution is 7.92. The first-order chi connectivity index (χ1) is 9.74. The summed E-state index contributed by atoms with van der Waals surface area (Å²) in [5.41, 5.74) is 5.93. The quantitative estimate of drug-likeness (QED) is 0.861. The molecule has 8 heteroatoms. The molecular weight excluding hydrogens is 294 g/mol. The molecule has 1 atom stereocenters. The van der Waals surface area contributed by atoms with Gasteiger partial charge in [-0.05, 0) is 26.0 Å². The summed E-state index contributed by atoms with van der Waals surface area (Å²) in [6.07, 6.45) is 0. The van der Waals surface area contributed by atoms with Crippen LogP contribution in [0.2, 0.25) is 0 Å². The molecule has 7 nitrogen and oxygen atoms in total. The van der Waals surface area contributed by atoms with Gasteiger partial charge in [-0.15, -0.1) is 0 Å². The fourth-order valence-electron chi connectivity index (χ4n) is 2.05. The minimum Gasteiger partial charge on any atom is -0.369 e. The molecule has 21 heavy (non-hydrogen) atoms. The number of para-hydroxylation sites is 2. The van der Waals surface area contributed by atoms with Crippen molar-refractivity contribution in [3.05, 3.63) is 24.3 Å². The molecule has 0 aliphatic carbocycles. The number of carbonyl (C=O) groups is 2. The number of sulfone groups is 1. The molecule has 0 aliphatic rings. The van der Waals surface area contributed by atoms with E-state index in [0.29, 0.717) is 11.0 Å². The lowest BCUT2D eigenvalue weighted by Crippen LogP contribution is -2.27. The Balaban J connectivity index is 2.77. The minimum atomic E-state index is -4.01. The van der Waals surface area contributed by atoms with E-state index in [1.165, 1.54) is 11.5 Å². The van der Waals surface area contributed by atoms with Crippen LogP contribution in [0.3, 0.4) is 0 Å². The van der Waals surface area contributed by atoms with Gasteiger partial charge in [0.15, 0.2) is 5.78 Å². The number of amides is 1. The molecule has 2 rings (SSSR count). The van der Waals surface area contributed by atoms with Gasteiger partial charge in [0, 0.05) is 0 Å². The second-order valence-corrected chi connectivity index (χ2v) is 6.65. The highest BCUT2D eigenvalue weighted by atomic mass is 32.2. The van der Waals surface area contributed by atoms with Crippen LogP contribution in [-0.2, 0) is 19.4 Å². The van der Waals surface area contributed by atoms with E-state index in [4.69, 9.17) is 5.73 Å². The normalized spacial score (nSPS) is 13.2. The number of hydrogen-bond donors (Lipinski definition) is 1. The molecule has 1 heterocycles. The van der Waals surface area contributed by atoms with Crippen LogP contribution in [0, 0.1) is 0 Å². The topological polar surface area (TPSA) is 112 Å². The van der Waals surface area contributed by atoms with E-state index in [2.05, 4.69) is 4.98 Å². The van der Waals surface area contributed by atoms with Crippen LogP contribution in [-0.4, -0.2) is 35.4 Å². The number of rotatable bonds is 5. The maximum atomic E-state index is 12.3. The van der Waals surface area contributed by atoms with E-state index in [1.54, 1.807) is 31.2 Å². The van der Waals surface area contributed by atoms with Gasteiger partial charge in [0.25, 0.3) is 0 Å². The molecule has 0 bridgehead atoms. The number of hydrogen-bond acceptors (Lipinski definition) is 5. The molecule has 0 radical (unpaired) electrons. The molecule has 0 spiro atoms. The largest absolute Gasteiger partial charge is 0.369 e. The maximum Gasteiger partial charge on any atom is 0.233 e. The van der Waals surface area contributed by atoms with Crippen molar-refractivity contribution in [2.45, 2.75) is 25.0 Å². The number of nitrogens with two attached hydrogens (primary N) is 1. The number of aromatic nitrogens is 2. The Morgan fingerprint density at radius 1 is 1.33 bits per heavy atom. The number of carbonyl (C=O) groups excluding carboxylic acids is 2. The van der Waals surface area contributed by atoms with Crippen LogP contribution in [0.15, 0.2) is 29.4 Å². The average molecular weight is 309 g/mol. The number of nitrogens with zero attached hydrogens (tertiary/aromatic N) is 2. The van der Waals surface area contributed by atoms with Crippen LogP contribution in [0.1, 0.15) is 19.9 Å². The van der Waals surface area contributed by atoms with Crippen LogP contribution in [0.25, 0.3) is 11.0 Å². The number of fused-ring (bicyclic) bond motifs is 1. The van der Waals surface area contributed by atoms with Gasteiger partial charge >= 0.3 is 0 Å². The van der Waals surface area contributed by atoms with Gasteiger partial charge in [0.05, 0.1) is 17.1 Å². The van der Waals surface area contributed by atoms with E-state index >= 15 is 0 Å². The minimum absolute atomic E-state index is 0.214. The Morgan fingerprint density at radius 3 is 2.52 bits per heavy atom. The standard InChI is InChI=1S/C13H15N3O4S/c1-8(9(2)17)16-11-6-4-3-5-10(11)15-13(16)21(19,20)7-12(14)18/h3-6,8H,7H2,1-2H3,(H2,14,18)/t8-/m0/s1. The van der Waals surface area contributed by atoms with Crippen LogP contribution in [0.5, 0.6) is 0 Å². The van der Waals surface area contributed by atoms with Gasteiger partial charge in [-0.3, -0.25) is 9.59 Å². The molecule has 2 aromatic rings.